The zero-order valence-corrected chi connectivity index (χ0v) is 16.9. The first kappa shape index (κ1) is 18.9. The number of aromatic nitrogens is 3. The number of furan rings is 1. The second-order valence-corrected chi connectivity index (χ2v) is 7.44. The average Bonchev–Trinajstić information content (AvgIpc) is 3.36. The Labute approximate surface area is 169 Å². The molecule has 3 aromatic heterocycles. The van der Waals surface area contributed by atoms with Crippen molar-refractivity contribution < 1.29 is 9.21 Å². The summed E-state index contributed by atoms with van der Waals surface area (Å²) in [5, 5.41) is 5.29. The van der Waals surface area contributed by atoms with E-state index >= 15 is 0 Å². The summed E-state index contributed by atoms with van der Waals surface area (Å²) in [6.45, 7) is 6.88. The summed E-state index contributed by atoms with van der Waals surface area (Å²) in [6.07, 6.45) is 3.40. The highest BCUT2D eigenvalue weighted by molar-refractivity contribution is 5.98. The van der Waals surface area contributed by atoms with Crippen molar-refractivity contribution in [1.82, 2.24) is 19.7 Å². The number of rotatable bonds is 6. The number of hydrogen-bond acceptors (Lipinski definition) is 4. The molecule has 0 saturated heterocycles. The van der Waals surface area contributed by atoms with Crippen molar-refractivity contribution in [2.45, 2.75) is 39.9 Å². The minimum Gasteiger partial charge on any atom is -0.467 e. The van der Waals surface area contributed by atoms with Crippen LogP contribution >= 0.6 is 0 Å². The van der Waals surface area contributed by atoms with Crippen LogP contribution in [0.15, 0.2) is 65.4 Å². The molecule has 0 spiro atoms. The number of carbonyl (C=O) groups is 1. The molecule has 6 nitrogen and oxygen atoms in total. The van der Waals surface area contributed by atoms with E-state index in [-0.39, 0.29) is 11.9 Å². The summed E-state index contributed by atoms with van der Waals surface area (Å²) >= 11 is 0. The van der Waals surface area contributed by atoms with Crippen molar-refractivity contribution in [3.8, 4) is 0 Å². The Morgan fingerprint density at radius 2 is 1.93 bits per heavy atom. The van der Waals surface area contributed by atoms with Gasteiger partial charge in [0.05, 0.1) is 30.3 Å². The zero-order valence-electron chi connectivity index (χ0n) is 16.9. The molecule has 4 rings (SSSR count). The van der Waals surface area contributed by atoms with Gasteiger partial charge in [0, 0.05) is 18.0 Å². The van der Waals surface area contributed by atoms with Crippen LogP contribution in [0.4, 0.5) is 0 Å². The molecule has 0 aliphatic heterocycles. The molecule has 0 aliphatic carbocycles. The van der Waals surface area contributed by atoms with Crippen LogP contribution in [0.3, 0.4) is 0 Å². The van der Waals surface area contributed by atoms with Gasteiger partial charge in [0.1, 0.15) is 5.76 Å². The Bertz CT molecular complexity index is 1110. The number of carbonyl (C=O) groups excluding carboxylic acids is 1. The van der Waals surface area contributed by atoms with Crippen molar-refractivity contribution in [1.29, 1.82) is 0 Å². The van der Waals surface area contributed by atoms with E-state index < -0.39 is 0 Å². The van der Waals surface area contributed by atoms with E-state index in [0.717, 1.165) is 22.4 Å². The quantitative estimate of drug-likeness (QED) is 0.478. The van der Waals surface area contributed by atoms with Crippen LogP contribution in [0, 0.1) is 6.92 Å². The van der Waals surface area contributed by atoms with E-state index in [0.29, 0.717) is 24.3 Å². The van der Waals surface area contributed by atoms with Crippen LogP contribution in [-0.2, 0) is 13.1 Å². The van der Waals surface area contributed by atoms with Gasteiger partial charge in [-0.05, 0) is 44.5 Å². The summed E-state index contributed by atoms with van der Waals surface area (Å²) in [5.41, 5.74) is 3.15. The molecule has 0 aliphatic rings. The Hall–Kier alpha value is -3.41. The lowest BCUT2D eigenvalue weighted by Crippen LogP contribution is -2.30. The molecule has 1 amide bonds. The number of pyridine rings is 1. The Morgan fingerprint density at radius 1 is 1.14 bits per heavy atom. The summed E-state index contributed by atoms with van der Waals surface area (Å²) < 4.78 is 7.37. The van der Waals surface area contributed by atoms with Gasteiger partial charge in [-0.25, -0.2) is 9.67 Å². The fourth-order valence-electron chi connectivity index (χ4n) is 3.42. The molecule has 0 atom stereocenters. The number of benzene rings is 1. The molecular weight excluding hydrogens is 364 g/mol. The number of hydrogen-bond donors (Lipinski definition) is 0. The highest BCUT2D eigenvalue weighted by Crippen LogP contribution is 2.22. The van der Waals surface area contributed by atoms with Crippen molar-refractivity contribution in [2.75, 3.05) is 0 Å². The molecule has 148 valence electrons. The second-order valence-electron chi connectivity index (χ2n) is 7.44. The highest BCUT2D eigenvalue weighted by Gasteiger charge is 2.22. The van der Waals surface area contributed by atoms with E-state index in [2.05, 4.69) is 18.9 Å². The Balaban J connectivity index is 1.70. The molecule has 0 radical (unpaired) electrons. The van der Waals surface area contributed by atoms with Crippen LogP contribution in [0.5, 0.6) is 0 Å². The highest BCUT2D eigenvalue weighted by atomic mass is 16.3. The third-order valence-corrected chi connectivity index (χ3v) is 4.91. The van der Waals surface area contributed by atoms with Gasteiger partial charge in [0.15, 0.2) is 5.65 Å². The lowest BCUT2D eigenvalue weighted by atomic mass is 10.1. The third kappa shape index (κ3) is 3.92. The first-order valence-corrected chi connectivity index (χ1v) is 9.73. The molecule has 0 saturated carbocycles. The minimum atomic E-state index is -0.0746. The standard InChI is InChI=1S/C23H24N4O2/c1-16(2)27-22-19(13-24-27)12-21(17(3)25-22)23(28)26(15-20-10-7-11-29-20)14-18-8-5-4-6-9-18/h4-13,16H,14-15H2,1-3H3. The number of amides is 1. The maximum atomic E-state index is 13.5. The van der Waals surface area contributed by atoms with Gasteiger partial charge >= 0.3 is 0 Å². The molecule has 0 N–H and O–H groups in total. The number of fused-ring (bicyclic) bond motifs is 1. The van der Waals surface area contributed by atoms with E-state index in [1.165, 1.54) is 0 Å². The Morgan fingerprint density at radius 3 is 2.62 bits per heavy atom. The van der Waals surface area contributed by atoms with Crippen molar-refractivity contribution in [2.24, 2.45) is 0 Å². The minimum absolute atomic E-state index is 0.0746. The molecule has 0 bridgehead atoms. The normalized spacial score (nSPS) is 11.3. The van der Waals surface area contributed by atoms with Gasteiger partial charge in [-0.1, -0.05) is 30.3 Å². The van der Waals surface area contributed by atoms with Gasteiger partial charge < -0.3 is 9.32 Å². The van der Waals surface area contributed by atoms with Crippen LogP contribution in [-0.4, -0.2) is 25.6 Å². The molecule has 0 fully saturated rings. The molecule has 0 unspecified atom stereocenters. The number of aryl methyl sites for hydroxylation is 1. The molecule has 6 heteroatoms. The Kier molecular flexibility index (Phi) is 5.16. The molecule has 1 aromatic carbocycles. The van der Waals surface area contributed by atoms with Crippen molar-refractivity contribution >= 4 is 16.9 Å². The van der Waals surface area contributed by atoms with Crippen molar-refractivity contribution in [3.05, 3.63) is 83.6 Å². The predicted molar refractivity (Wildman–Crippen MR) is 111 cm³/mol. The molecular formula is C23H24N4O2. The van der Waals surface area contributed by atoms with Crippen LogP contribution in [0.25, 0.3) is 11.0 Å². The SMILES string of the molecule is Cc1nc2c(cnn2C(C)C)cc1C(=O)N(Cc1ccccc1)Cc1ccco1. The van der Waals surface area contributed by atoms with E-state index in [4.69, 9.17) is 9.40 Å². The van der Waals surface area contributed by atoms with Crippen LogP contribution in [0.1, 0.15) is 47.3 Å². The summed E-state index contributed by atoms with van der Waals surface area (Å²) in [7, 11) is 0. The molecule has 29 heavy (non-hydrogen) atoms. The monoisotopic (exact) mass is 388 g/mol. The van der Waals surface area contributed by atoms with Gasteiger partial charge in [0.25, 0.3) is 5.91 Å². The van der Waals surface area contributed by atoms with E-state index in [1.54, 1.807) is 17.4 Å². The topological polar surface area (TPSA) is 64.2 Å². The third-order valence-electron chi connectivity index (χ3n) is 4.91. The second kappa shape index (κ2) is 7.91. The average molecular weight is 388 g/mol. The largest absolute Gasteiger partial charge is 0.467 e. The van der Waals surface area contributed by atoms with E-state index in [9.17, 15) is 4.79 Å². The van der Waals surface area contributed by atoms with Crippen LogP contribution < -0.4 is 0 Å². The van der Waals surface area contributed by atoms with E-state index in [1.807, 2.05) is 60.1 Å². The number of nitrogens with zero attached hydrogens (tertiary/aromatic N) is 4. The molecule has 4 aromatic rings. The van der Waals surface area contributed by atoms with Gasteiger partial charge in [-0.2, -0.15) is 5.10 Å². The van der Waals surface area contributed by atoms with Crippen LogP contribution in [0.2, 0.25) is 0 Å². The lowest BCUT2D eigenvalue weighted by Gasteiger charge is -2.23. The van der Waals surface area contributed by atoms with Gasteiger partial charge in [0.2, 0.25) is 0 Å². The maximum Gasteiger partial charge on any atom is 0.256 e. The lowest BCUT2D eigenvalue weighted by molar-refractivity contribution is 0.0716. The predicted octanol–water partition coefficient (Wildman–Crippen LogP) is 4.76. The fourth-order valence-corrected chi connectivity index (χ4v) is 3.42. The summed E-state index contributed by atoms with van der Waals surface area (Å²) in [5.74, 6) is 0.669. The first-order chi connectivity index (χ1) is 14.0. The van der Waals surface area contributed by atoms with Gasteiger partial charge in [-0.3, -0.25) is 4.79 Å². The van der Waals surface area contributed by atoms with Crippen molar-refractivity contribution in [3.63, 3.8) is 0 Å². The van der Waals surface area contributed by atoms with Gasteiger partial charge in [-0.15, -0.1) is 0 Å². The molecule has 3 heterocycles. The summed E-state index contributed by atoms with van der Waals surface area (Å²) in [4.78, 5) is 20.0. The maximum absolute atomic E-state index is 13.5. The zero-order chi connectivity index (χ0) is 20.4. The summed E-state index contributed by atoms with van der Waals surface area (Å²) in [6, 6.07) is 15.8. The fraction of sp³-hybridized carbons (Fsp3) is 0.261. The first-order valence-electron chi connectivity index (χ1n) is 9.73. The smallest absolute Gasteiger partial charge is 0.256 e.